The van der Waals surface area contributed by atoms with Gasteiger partial charge in [-0.3, -0.25) is 9.59 Å². The molecule has 0 saturated carbocycles. The van der Waals surface area contributed by atoms with Crippen molar-refractivity contribution in [3.8, 4) is 5.75 Å². The maximum Gasteiger partial charge on any atom is 0.262 e. The van der Waals surface area contributed by atoms with Crippen LogP contribution in [-0.2, 0) is 10.2 Å². The minimum Gasteiger partial charge on any atom is -0.484 e. The lowest BCUT2D eigenvalue weighted by Crippen LogP contribution is -2.35. The second kappa shape index (κ2) is 9.79. The van der Waals surface area contributed by atoms with E-state index in [9.17, 15) is 9.59 Å². The highest BCUT2D eigenvalue weighted by Crippen LogP contribution is 2.28. The third-order valence-corrected chi connectivity index (χ3v) is 5.93. The number of hydrogen-bond donors (Lipinski definition) is 1. The molecule has 0 unspecified atom stereocenters. The van der Waals surface area contributed by atoms with Gasteiger partial charge in [0.25, 0.3) is 11.8 Å². The summed E-state index contributed by atoms with van der Waals surface area (Å²) in [6.45, 7) is 8.11. The molecule has 3 rings (SSSR count). The van der Waals surface area contributed by atoms with Gasteiger partial charge >= 0.3 is 0 Å². The Labute approximate surface area is 179 Å². The summed E-state index contributed by atoms with van der Waals surface area (Å²) in [4.78, 5) is 26.9. The number of likely N-dealkylation sites (tertiary alicyclic amines) is 1. The van der Waals surface area contributed by atoms with Crippen LogP contribution in [-0.4, -0.2) is 36.4 Å². The molecule has 0 bridgehead atoms. The van der Waals surface area contributed by atoms with Crippen molar-refractivity contribution >= 4 is 17.5 Å². The lowest BCUT2D eigenvalue weighted by atomic mass is 9.82. The number of nitrogens with one attached hydrogen (secondary N) is 1. The number of carbonyl (C=O) groups is 2. The SMILES string of the molecule is CCC(C)(C)c1ccc(OCC(=O)Nc2cccc(C(=O)N3CCCCC3)c2)cc1. The number of amides is 2. The molecule has 1 aliphatic rings. The summed E-state index contributed by atoms with van der Waals surface area (Å²) < 4.78 is 5.63. The molecule has 2 aromatic rings. The van der Waals surface area contributed by atoms with E-state index < -0.39 is 0 Å². The number of ether oxygens (including phenoxy) is 1. The first-order valence-corrected chi connectivity index (χ1v) is 10.8. The lowest BCUT2D eigenvalue weighted by Gasteiger charge is -2.26. The van der Waals surface area contributed by atoms with Crippen molar-refractivity contribution in [3.05, 3.63) is 59.7 Å². The molecule has 0 radical (unpaired) electrons. The molecule has 5 heteroatoms. The number of anilines is 1. The van der Waals surface area contributed by atoms with Crippen LogP contribution < -0.4 is 10.1 Å². The number of hydrogen-bond acceptors (Lipinski definition) is 3. The normalized spacial score (nSPS) is 14.3. The molecule has 0 aromatic heterocycles. The lowest BCUT2D eigenvalue weighted by molar-refractivity contribution is -0.118. The molecule has 1 fully saturated rings. The summed E-state index contributed by atoms with van der Waals surface area (Å²) >= 11 is 0. The van der Waals surface area contributed by atoms with Crippen molar-refractivity contribution in [2.45, 2.75) is 51.9 Å². The number of nitrogens with zero attached hydrogens (tertiary/aromatic N) is 1. The molecule has 1 saturated heterocycles. The fourth-order valence-corrected chi connectivity index (χ4v) is 3.56. The van der Waals surface area contributed by atoms with Gasteiger partial charge in [-0.2, -0.15) is 0 Å². The highest BCUT2D eigenvalue weighted by Gasteiger charge is 2.19. The Morgan fingerprint density at radius 1 is 1.03 bits per heavy atom. The van der Waals surface area contributed by atoms with Crippen LogP contribution in [0.15, 0.2) is 48.5 Å². The van der Waals surface area contributed by atoms with Crippen molar-refractivity contribution in [2.24, 2.45) is 0 Å². The maximum absolute atomic E-state index is 12.7. The summed E-state index contributed by atoms with van der Waals surface area (Å²) in [6, 6.07) is 15.0. The quantitative estimate of drug-likeness (QED) is 0.700. The summed E-state index contributed by atoms with van der Waals surface area (Å²) in [7, 11) is 0. The van der Waals surface area contributed by atoms with Gasteiger partial charge < -0.3 is 15.0 Å². The van der Waals surface area contributed by atoms with Crippen LogP contribution in [0.1, 0.15) is 62.4 Å². The van der Waals surface area contributed by atoms with E-state index in [2.05, 4.69) is 26.1 Å². The zero-order chi connectivity index (χ0) is 21.6. The minimum atomic E-state index is -0.254. The van der Waals surface area contributed by atoms with Gasteiger partial charge in [0.1, 0.15) is 5.75 Å². The zero-order valence-corrected chi connectivity index (χ0v) is 18.2. The fraction of sp³-hybridized carbons (Fsp3) is 0.440. The Morgan fingerprint density at radius 3 is 2.40 bits per heavy atom. The van der Waals surface area contributed by atoms with Gasteiger partial charge in [0.05, 0.1) is 0 Å². The Morgan fingerprint density at radius 2 is 1.73 bits per heavy atom. The molecule has 30 heavy (non-hydrogen) atoms. The minimum absolute atomic E-state index is 0.0251. The Kier molecular flexibility index (Phi) is 7.14. The average Bonchev–Trinajstić information content (AvgIpc) is 2.78. The largest absolute Gasteiger partial charge is 0.484 e. The van der Waals surface area contributed by atoms with Gasteiger partial charge in [-0.1, -0.05) is 39.0 Å². The molecule has 0 atom stereocenters. The number of rotatable bonds is 7. The zero-order valence-electron chi connectivity index (χ0n) is 18.2. The molecule has 5 nitrogen and oxygen atoms in total. The summed E-state index contributed by atoms with van der Waals surface area (Å²) in [6.07, 6.45) is 4.33. The van der Waals surface area contributed by atoms with Gasteiger partial charge in [-0.25, -0.2) is 0 Å². The van der Waals surface area contributed by atoms with Crippen LogP contribution in [0.5, 0.6) is 5.75 Å². The first-order chi connectivity index (χ1) is 14.4. The van der Waals surface area contributed by atoms with Gasteiger partial charge in [0, 0.05) is 24.3 Å². The van der Waals surface area contributed by atoms with E-state index in [0.717, 1.165) is 32.4 Å². The number of piperidine rings is 1. The van der Waals surface area contributed by atoms with E-state index in [4.69, 9.17) is 4.74 Å². The second-order valence-electron chi connectivity index (χ2n) is 8.53. The van der Waals surface area contributed by atoms with Crippen molar-refractivity contribution in [1.29, 1.82) is 0 Å². The molecule has 160 valence electrons. The van der Waals surface area contributed by atoms with Crippen LogP contribution in [0, 0.1) is 0 Å². The first-order valence-electron chi connectivity index (χ1n) is 10.8. The Hall–Kier alpha value is -2.82. The highest BCUT2D eigenvalue weighted by molar-refractivity contribution is 5.97. The van der Waals surface area contributed by atoms with Crippen LogP contribution in [0.2, 0.25) is 0 Å². The summed E-state index contributed by atoms with van der Waals surface area (Å²) in [5.41, 5.74) is 2.57. The molecule has 1 aliphatic heterocycles. The number of carbonyl (C=O) groups excluding carboxylic acids is 2. The molecular weight excluding hydrogens is 376 g/mol. The highest BCUT2D eigenvalue weighted by atomic mass is 16.5. The van der Waals surface area contributed by atoms with E-state index in [0.29, 0.717) is 17.0 Å². The van der Waals surface area contributed by atoms with E-state index in [-0.39, 0.29) is 23.8 Å². The predicted octanol–water partition coefficient (Wildman–Crippen LogP) is 5.02. The molecule has 0 spiro atoms. The standard InChI is InChI=1S/C25H32N2O3/c1-4-25(2,3)20-11-13-22(14-12-20)30-18-23(28)26-21-10-8-9-19(17-21)24(29)27-15-6-5-7-16-27/h8-14,17H,4-7,15-16,18H2,1-3H3,(H,26,28). The van der Waals surface area contributed by atoms with Gasteiger partial charge in [0.15, 0.2) is 6.61 Å². The van der Waals surface area contributed by atoms with Crippen molar-refractivity contribution in [1.82, 2.24) is 4.90 Å². The Balaban J connectivity index is 1.54. The predicted molar refractivity (Wildman–Crippen MR) is 120 cm³/mol. The van der Waals surface area contributed by atoms with Crippen molar-refractivity contribution < 1.29 is 14.3 Å². The smallest absolute Gasteiger partial charge is 0.262 e. The molecule has 1 N–H and O–H groups in total. The van der Waals surface area contributed by atoms with Crippen LogP contribution in [0.25, 0.3) is 0 Å². The van der Waals surface area contributed by atoms with E-state index in [1.165, 1.54) is 12.0 Å². The first kappa shape index (κ1) is 21.9. The van der Waals surface area contributed by atoms with Crippen LogP contribution in [0.4, 0.5) is 5.69 Å². The fourth-order valence-electron chi connectivity index (χ4n) is 3.56. The third kappa shape index (κ3) is 5.62. The topological polar surface area (TPSA) is 58.6 Å². The van der Waals surface area contributed by atoms with E-state index in [1.807, 2.05) is 29.2 Å². The van der Waals surface area contributed by atoms with E-state index in [1.54, 1.807) is 24.3 Å². The Bertz CT molecular complexity index is 868. The van der Waals surface area contributed by atoms with Gasteiger partial charge in [0.2, 0.25) is 0 Å². The number of benzene rings is 2. The third-order valence-electron chi connectivity index (χ3n) is 5.93. The van der Waals surface area contributed by atoms with E-state index >= 15 is 0 Å². The van der Waals surface area contributed by atoms with Gasteiger partial charge in [-0.05, 0) is 67.0 Å². The second-order valence-corrected chi connectivity index (χ2v) is 8.53. The summed E-state index contributed by atoms with van der Waals surface area (Å²) in [5.74, 6) is 0.433. The molecule has 1 heterocycles. The average molecular weight is 409 g/mol. The van der Waals surface area contributed by atoms with Crippen molar-refractivity contribution in [2.75, 3.05) is 25.0 Å². The molecule has 2 amide bonds. The van der Waals surface area contributed by atoms with Crippen LogP contribution >= 0.6 is 0 Å². The monoisotopic (exact) mass is 408 g/mol. The maximum atomic E-state index is 12.7. The summed E-state index contributed by atoms with van der Waals surface area (Å²) in [5, 5.41) is 2.82. The van der Waals surface area contributed by atoms with Crippen molar-refractivity contribution in [3.63, 3.8) is 0 Å². The molecular formula is C25H32N2O3. The molecule has 0 aliphatic carbocycles. The van der Waals surface area contributed by atoms with Gasteiger partial charge in [-0.15, -0.1) is 0 Å². The van der Waals surface area contributed by atoms with Crippen LogP contribution in [0.3, 0.4) is 0 Å². The molecule has 2 aromatic carbocycles.